The summed E-state index contributed by atoms with van der Waals surface area (Å²) in [5.41, 5.74) is 5.13. The lowest BCUT2D eigenvalue weighted by Crippen LogP contribution is -2.13. The van der Waals surface area contributed by atoms with Crippen molar-refractivity contribution >= 4 is 28.8 Å². The first kappa shape index (κ1) is 15.4. The predicted molar refractivity (Wildman–Crippen MR) is 94.7 cm³/mol. The van der Waals surface area contributed by atoms with Gasteiger partial charge in [-0.25, -0.2) is 4.99 Å². The van der Waals surface area contributed by atoms with Crippen molar-refractivity contribution in [2.45, 2.75) is 13.8 Å². The third kappa shape index (κ3) is 3.84. The lowest BCUT2D eigenvalue weighted by Gasteiger charge is -2.16. The molecule has 1 aromatic carbocycles. The van der Waals surface area contributed by atoms with Gasteiger partial charge in [-0.3, -0.25) is 5.43 Å². The van der Waals surface area contributed by atoms with Crippen LogP contribution in [0.25, 0.3) is 5.70 Å². The number of hydrazone groups is 1. The number of allylic oxidation sites excluding steroid dienone is 1. The first-order valence-electron chi connectivity index (χ1n) is 7.29. The number of furan rings is 1. The van der Waals surface area contributed by atoms with Crippen LogP contribution in [0.3, 0.4) is 0 Å². The molecule has 2 aromatic rings. The van der Waals surface area contributed by atoms with Crippen molar-refractivity contribution in [3.8, 4) is 5.75 Å². The van der Waals surface area contributed by atoms with Crippen molar-refractivity contribution in [2.24, 2.45) is 10.1 Å². The molecule has 1 aliphatic heterocycles. The Morgan fingerprint density at radius 2 is 2.13 bits per heavy atom. The third-order valence-electron chi connectivity index (χ3n) is 3.16. The van der Waals surface area contributed by atoms with Gasteiger partial charge < -0.3 is 9.15 Å². The Morgan fingerprint density at radius 3 is 2.78 bits per heavy atom. The predicted octanol–water partition coefficient (Wildman–Crippen LogP) is 4.09. The van der Waals surface area contributed by atoms with Crippen LogP contribution in [-0.2, 0) is 0 Å². The standard InChI is InChI=1S/C17H17N3O2S/c1-3-21-14-8-6-13(7-9-14)16-12(2)23-17(20-19-16)18-11-15-5-4-10-22-15/h4-11,19H,3H2,1-2H3/b18-11+. The molecule has 0 aliphatic carbocycles. The molecule has 0 spiro atoms. The van der Waals surface area contributed by atoms with E-state index in [0.29, 0.717) is 17.5 Å². The summed E-state index contributed by atoms with van der Waals surface area (Å²) in [7, 11) is 0. The zero-order valence-electron chi connectivity index (χ0n) is 12.9. The molecule has 118 valence electrons. The monoisotopic (exact) mass is 327 g/mol. The highest BCUT2D eigenvalue weighted by Crippen LogP contribution is 2.30. The highest BCUT2D eigenvalue weighted by molar-refractivity contribution is 8.17. The largest absolute Gasteiger partial charge is 0.494 e. The molecule has 0 atom stereocenters. The molecule has 1 N–H and O–H groups in total. The van der Waals surface area contributed by atoms with Crippen LogP contribution in [0.2, 0.25) is 0 Å². The van der Waals surface area contributed by atoms with E-state index in [1.807, 2.05) is 50.2 Å². The number of hydrogen-bond acceptors (Lipinski definition) is 6. The van der Waals surface area contributed by atoms with Gasteiger partial charge in [-0.05, 0) is 50.2 Å². The van der Waals surface area contributed by atoms with Crippen LogP contribution >= 0.6 is 11.8 Å². The van der Waals surface area contributed by atoms with Gasteiger partial charge in [0.1, 0.15) is 11.5 Å². The molecule has 0 unspecified atom stereocenters. The molecule has 0 amide bonds. The highest BCUT2D eigenvalue weighted by Gasteiger charge is 2.14. The molecule has 2 heterocycles. The first-order chi connectivity index (χ1) is 11.3. The second kappa shape index (κ2) is 7.19. The summed E-state index contributed by atoms with van der Waals surface area (Å²) in [4.78, 5) is 5.43. The van der Waals surface area contributed by atoms with Crippen LogP contribution in [0, 0.1) is 0 Å². The number of amidine groups is 1. The maximum atomic E-state index is 5.46. The third-order valence-corrected chi connectivity index (χ3v) is 4.05. The van der Waals surface area contributed by atoms with E-state index in [-0.39, 0.29) is 0 Å². The molecule has 0 bridgehead atoms. The second-order valence-electron chi connectivity index (χ2n) is 4.77. The molecule has 3 rings (SSSR count). The number of ether oxygens (including phenoxy) is 1. The van der Waals surface area contributed by atoms with E-state index in [1.54, 1.807) is 12.5 Å². The maximum absolute atomic E-state index is 5.46. The quantitative estimate of drug-likeness (QED) is 0.859. The summed E-state index contributed by atoms with van der Waals surface area (Å²) in [6.45, 7) is 4.68. The fraction of sp³-hybridized carbons (Fsp3) is 0.176. The molecule has 1 aromatic heterocycles. The molecule has 0 fully saturated rings. The summed E-state index contributed by atoms with van der Waals surface area (Å²) in [5, 5.41) is 4.94. The van der Waals surface area contributed by atoms with Gasteiger partial charge in [-0.1, -0.05) is 11.8 Å². The van der Waals surface area contributed by atoms with Gasteiger partial charge in [0.25, 0.3) is 0 Å². The molecule has 5 nitrogen and oxygen atoms in total. The van der Waals surface area contributed by atoms with Crippen LogP contribution in [0.1, 0.15) is 25.2 Å². The Morgan fingerprint density at radius 1 is 1.30 bits per heavy atom. The van der Waals surface area contributed by atoms with Crippen molar-refractivity contribution in [2.75, 3.05) is 6.61 Å². The van der Waals surface area contributed by atoms with Crippen molar-refractivity contribution in [1.29, 1.82) is 0 Å². The number of thioether (sulfide) groups is 1. The lowest BCUT2D eigenvalue weighted by atomic mass is 10.1. The van der Waals surface area contributed by atoms with Gasteiger partial charge in [0.2, 0.25) is 5.17 Å². The molecule has 0 saturated heterocycles. The van der Waals surface area contributed by atoms with Gasteiger partial charge in [0.15, 0.2) is 0 Å². The van der Waals surface area contributed by atoms with Gasteiger partial charge in [-0.2, -0.15) is 0 Å². The Labute approximate surface area is 139 Å². The zero-order valence-corrected chi connectivity index (χ0v) is 13.8. The van der Waals surface area contributed by atoms with Crippen LogP contribution in [0.15, 0.2) is 62.1 Å². The Kier molecular flexibility index (Phi) is 4.83. The summed E-state index contributed by atoms with van der Waals surface area (Å²) < 4.78 is 10.7. The summed E-state index contributed by atoms with van der Waals surface area (Å²) >= 11 is 1.52. The zero-order chi connectivity index (χ0) is 16.1. The van der Waals surface area contributed by atoms with Crippen molar-refractivity contribution in [1.82, 2.24) is 5.43 Å². The van der Waals surface area contributed by atoms with Gasteiger partial charge in [-0.15, -0.1) is 5.10 Å². The molecule has 1 aliphatic rings. The minimum Gasteiger partial charge on any atom is -0.494 e. The minimum absolute atomic E-state index is 0.647. The fourth-order valence-corrected chi connectivity index (χ4v) is 2.82. The molecule has 23 heavy (non-hydrogen) atoms. The van der Waals surface area contributed by atoms with E-state index < -0.39 is 0 Å². The second-order valence-corrected chi connectivity index (χ2v) is 5.95. The van der Waals surface area contributed by atoms with E-state index in [2.05, 4.69) is 15.5 Å². The molecule has 0 saturated carbocycles. The summed E-state index contributed by atoms with van der Waals surface area (Å²) in [6, 6.07) is 11.6. The molecular formula is C17H17N3O2S. The van der Waals surface area contributed by atoms with Crippen LogP contribution in [0.5, 0.6) is 5.75 Å². The number of hydrogen-bond donors (Lipinski definition) is 1. The molecule has 0 radical (unpaired) electrons. The van der Waals surface area contributed by atoms with Crippen molar-refractivity contribution in [3.63, 3.8) is 0 Å². The van der Waals surface area contributed by atoms with Crippen LogP contribution in [0.4, 0.5) is 0 Å². The lowest BCUT2D eigenvalue weighted by molar-refractivity contribution is 0.340. The highest BCUT2D eigenvalue weighted by atomic mass is 32.2. The smallest absolute Gasteiger partial charge is 0.211 e. The summed E-state index contributed by atoms with van der Waals surface area (Å²) in [5.74, 6) is 1.57. The Balaban J connectivity index is 1.70. The van der Waals surface area contributed by atoms with Crippen LogP contribution in [-0.4, -0.2) is 18.0 Å². The van der Waals surface area contributed by atoms with E-state index in [0.717, 1.165) is 21.9 Å². The number of benzene rings is 1. The van der Waals surface area contributed by atoms with Gasteiger partial charge in [0.05, 0.1) is 24.8 Å². The fourth-order valence-electron chi connectivity index (χ4n) is 2.08. The normalized spacial score (nSPS) is 14.8. The van der Waals surface area contributed by atoms with Gasteiger partial charge >= 0.3 is 0 Å². The number of rotatable bonds is 4. The molecule has 6 heteroatoms. The Hall–Kier alpha value is -2.47. The maximum Gasteiger partial charge on any atom is 0.211 e. The summed E-state index contributed by atoms with van der Waals surface area (Å²) in [6.07, 6.45) is 3.27. The molecular weight excluding hydrogens is 310 g/mol. The number of nitrogens with one attached hydrogen (secondary N) is 1. The van der Waals surface area contributed by atoms with E-state index in [4.69, 9.17) is 9.15 Å². The first-order valence-corrected chi connectivity index (χ1v) is 8.11. The average Bonchev–Trinajstić information content (AvgIpc) is 3.08. The number of nitrogens with zero attached hydrogens (tertiary/aromatic N) is 2. The van der Waals surface area contributed by atoms with Crippen molar-refractivity contribution < 1.29 is 9.15 Å². The average molecular weight is 327 g/mol. The van der Waals surface area contributed by atoms with Gasteiger partial charge in [0, 0.05) is 10.5 Å². The van der Waals surface area contributed by atoms with E-state index >= 15 is 0 Å². The van der Waals surface area contributed by atoms with Crippen LogP contribution < -0.4 is 10.2 Å². The van der Waals surface area contributed by atoms with E-state index in [1.165, 1.54) is 11.8 Å². The number of aliphatic imine (C=N–C) groups is 1. The van der Waals surface area contributed by atoms with E-state index in [9.17, 15) is 0 Å². The minimum atomic E-state index is 0.647. The Bertz CT molecular complexity index is 747. The SMILES string of the molecule is CCOc1ccc(C2=C(C)SC(/N=C/c3ccco3)=NN2)cc1. The topological polar surface area (TPSA) is 59.1 Å². The van der Waals surface area contributed by atoms with Crippen molar-refractivity contribution in [3.05, 3.63) is 58.9 Å².